The Balaban J connectivity index is 0.000000327. The summed E-state index contributed by atoms with van der Waals surface area (Å²) in [5.41, 5.74) is 0. The Kier molecular flexibility index (Phi) is 54.7. The normalized spacial score (nSPS) is 27.1. The van der Waals surface area contributed by atoms with Crippen molar-refractivity contribution in [1.29, 1.82) is 0 Å². The molecule has 1 radical (unpaired) electrons. The molecule has 9 fully saturated rings. The zero-order valence-corrected chi connectivity index (χ0v) is 73.7. The summed E-state index contributed by atoms with van der Waals surface area (Å²) in [4.78, 5) is 157. The molecule has 9 atom stereocenters. The van der Waals surface area contributed by atoms with Crippen molar-refractivity contribution in [3.05, 3.63) is 0 Å². The van der Waals surface area contributed by atoms with Gasteiger partial charge in [-0.25, -0.2) is 13.2 Å². The van der Waals surface area contributed by atoms with Crippen LogP contribution in [0.1, 0.15) is 110 Å². The van der Waals surface area contributed by atoms with Gasteiger partial charge in [-0.05, 0) is 195 Å². The molecule has 684 valence electrons. The number of hydroxylamine groups is 2. The summed E-state index contributed by atoms with van der Waals surface area (Å²) in [5.74, 6) is -6.43. The predicted octanol–water partition coefficient (Wildman–Crippen LogP) is -0.546. The van der Waals surface area contributed by atoms with Crippen LogP contribution in [0.3, 0.4) is 0 Å². The molecule has 9 unspecified atom stereocenters. The first kappa shape index (κ1) is 106. The minimum atomic E-state index is -5.03. The SMILES string of the molecule is CCC(=O)CN1CCCN2CCCN(CCCN(CC(=O)O)CC2)CC1.CCC(=O)CN1CCCN2CCCN(CCCN(CC(=O)O)CC2)CC1.O=C(O)CN1CCCN2CCCN(CCCN(CC(=O)O)CC2)CC1.O=C(O)CN1CCCN2CCCN(CCCN(CC(=O)ON3C(=O)CC(S(=O)(=O)[O-])C3=O)CC2)CC1.[64Cu].[Cl][64Cu][Cl]. The number of halogens is 2. The third-order valence-electron chi connectivity index (χ3n) is 22.6. The zero-order valence-electron chi connectivity index (χ0n) is 69.4. The molecule has 41 heteroatoms. The first-order valence-corrected chi connectivity index (χ1v) is 46.2. The first-order chi connectivity index (χ1) is 55.6. The van der Waals surface area contributed by atoms with Gasteiger partial charge in [0.15, 0.2) is 0 Å². The molecule has 117 heavy (non-hydrogen) atoms. The molecular formula is C76H138Cl2Cu2N17O19S-. The summed E-state index contributed by atoms with van der Waals surface area (Å²) in [6.07, 6.45) is 12.4. The Morgan fingerprint density at radius 2 is 0.513 bits per heavy atom. The number of hydrogen-bond acceptors (Lipinski definition) is 30. The molecule has 0 aromatic rings. The Labute approximate surface area is 719 Å². The van der Waals surface area contributed by atoms with E-state index < -0.39 is 69.4 Å². The van der Waals surface area contributed by atoms with E-state index in [-0.39, 0.29) is 61.4 Å². The van der Waals surface area contributed by atoms with Crippen molar-refractivity contribution in [3.8, 4) is 0 Å². The van der Waals surface area contributed by atoms with Crippen LogP contribution in [0.5, 0.6) is 0 Å². The number of rotatable bonds is 20. The van der Waals surface area contributed by atoms with Gasteiger partial charge in [0.25, 0.3) is 11.8 Å². The van der Waals surface area contributed by atoms with Crippen LogP contribution in [-0.4, -0.2) is 501 Å². The van der Waals surface area contributed by atoms with Crippen LogP contribution in [-0.2, 0) is 93.1 Å². The standard InChI is InChI=1S/C21H35N5O9S.2C19H36N4O3.C17H32N4O4.2ClH.2Cu/c27-18-14-17(36(32,33)34)21(31)26(18)35-20(30)16-25-9-3-7-22-4-1-5-23(11-13-25)6-2-8-24(12-10-22)15-19(28)29;2*1-2-18(24)16-22-10-4-8-21-7-3-6-20(12-14-22)9-5-11-23(15-13-21)17-19(25)26;22-16(23)14-20-8-2-6-18-4-1-5-19(11-12-20)7-3-9-21(13-10-18)15-17(24)25;;;;/h17H,1-16H2,(H,28,29)(H,32,33,34);2*2-17H2,1H3,(H,25,26);1-15H2,(H,22,23)(H,24,25);2*1H;;/q;;;;;;;+2/p-3/i;;;;;;2*1+0. The van der Waals surface area contributed by atoms with E-state index in [1.54, 1.807) is 0 Å². The third kappa shape index (κ3) is 47.0. The number of aliphatic carboxylic acids is 5. The van der Waals surface area contributed by atoms with Crippen LogP contribution < -0.4 is 0 Å². The topological polar surface area (TPSA) is 393 Å². The number of carboxylic acids is 5. The number of fused-ring (bicyclic) bond motifs is 16. The fraction of sp³-hybridized carbons (Fsp3) is 0.868. The second-order valence-corrected chi connectivity index (χ2v) is 34.8. The fourth-order valence-corrected chi connectivity index (χ4v) is 16.9. The molecular weight excluding hydrogens is 1690 g/mol. The van der Waals surface area contributed by atoms with Gasteiger partial charge in [0, 0.05) is 174 Å². The van der Waals surface area contributed by atoms with Gasteiger partial charge in [0.2, 0.25) is 0 Å². The Bertz CT molecular complexity index is 2940. The zero-order chi connectivity index (χ0) is 84.6. The van der Waals surface area contributed by atoms with Crippen molar-refractivity contribution in [1.82, 2.24) is 83.5 Å². The molecule has 9 aliphatic heterocycles. The Hall–Kier alpha value is -3.81. The molecule has 5 N–H and O–H groups in total. The number of ketones is 2. The van der Waals surface area contributed by atoms with Gasteiger partial charge in [0.05, 0.1) is 58.8 Å². The van der Waals surface area contributed by atoms with Crippen molar-refractivity contribution in [3.63, 3.8) is 0 Å². The molecule has 0 aliphatic carbocycles. The van der Waals surface area contributed by atoms with E-state index in [1.165, 1.54) is 0 Å². The molecule has 0 aromatic carbocycles. The summed E-state index contributed by atoms with van der Waals surface area (Å²) >= 11 is 0.757. The van der Waals surface area contributed by atoms with Crippen LogP contribution in [0.4, 0.5) is 0 Å². The first-order valence-electron chi connectivity index (χ1n) is 42.1. The van der Waals surface area contributed by atoms with Gasteiger partial charge < -0.3 is 74.1 Å². The minimum absolute atomic E-state index is 0. The van der Waals surface area contributed by atoms with Crippen LogP contribution in [0.15, 0.2) is 0 Å². The average molecular weight is 1820 g/mol. The second kappa shape index (κ2) is 60.7. The van der Waals surface area contributed by atoms with Crippen molar-refractivity contribution in [2.75, 3.05) is 314 Å². The summed E-state index contributed by atoms with van der Waals surface area (Å²) in [7, 11) is 4.31. The van der Waals surface area contributed by atoms with Crippen LogP contribution in [0, 0.1) is 0 Å². The number of amides is 2. The number of imide groups is 1. The van der Waals surface area contributed by atoms with Gasteiger partial charge in [-0.15, -0.1) is 5.06 Å². The van der Waals surface area contributed by atoms with Gasteiger partial charge in [-0.2, -0.15) is 0 Å². The maximum absolute atomic E-state index is 12.5. The van der Waals surface area contributed by atoms with Crippen LogP contribution >= 0.6 is 20.2 Å². The second-order valence-electron chi connectivity index (χ2n) is 31.7. The molecule has 9 rings (SSSR count). The molecule has 0 spiro atoms. The third-order valence-corrected chi connectivity index (χ3v) is 23.6. The van der Waals surface area contributed by atoms with E-state index in [4.69, 9.17) is 25.3 Å². The molecule has 0 aromatic heterocycles. The summed E-state index contributed by atoms with van der Waals surface area (Å²) in [6, 6.07) is 0. The van der Waals surface area contributed by atoms with E-state index in [0.29, 0.717) is 70.2 Å². The van der Waals surface area contributed by atoms with E-state index in [1.807, 2.05) is 33.4 Å². The molecule has 9 saturated heterocycles. The Morgan fingerprint density at radius 1 is 0.333 bits per heavy atom. The van der Waals surface area contributed by atoms with Crippen molar-refractivity contribution in [2.24, 2.45) is 0 Å². The predicted molar refractivity (Wildman–Crippen MR) is 435 cm³/mol. The van der Waals surface area contributed by atoms with Gasteiger partial charge in [0.1, 0.15) is 26.9 Å². The summed E-state index contributed by atoms with van der Waals surface area (Å²) in [6.45, 7) is 40.8. The van der Waals surface area contributed by atoms with Crippen LogP contribution in [0.2, 0.25) is 0 Å². The van der Waals surface area contributed by atoms with Gasteiger partial charge >= 0.3 is 69.1 Å². The number of hydrogen-bond donors (Lipinski definition) is 5. The van der Waals surface area contributed by atoms with Crippen molar-refractivity contribution >= 4 is 89.5 Å². The van der Waals surface area contributed by atoms with E-state index in [0.717, 1.165) is 319 Å². The van der Waals surface area contributed by atoms with E-state index >= 15 is 0 Å². The number of carboxylic acid groups (broad SMARTS) is 5. The van der Waals surface area contributed by atoms with E-state index in [9.17, 15) is 66.0 Å². The molecule has 8 bridgehead atoms. The number of carbonyl (C=O) groups is 10. The van der Waals surface area contributed by atoms with Gasteiger partial charge in [-0.3, -0.25) is 82.4 Å². The number of Topliss-reactive ketones (excluding diaryl/α,β-unsaturated/α-hetero) is 2. The molecule has 2 amide bonds. The molecule has 9 heterocycles. The van der Waals surface area contributed by atoms with E-state index in [2.05, 4.69) is 79.0 Å². The average Bonchev–Trinajstić information content (AvgIpc) is 1.65. The van der Waals surface area contributed by atoms with Gasteiger partial charge in [-0.1, -0.05) is 13.8 Å². The van der Waals surface area contributed by atoms with Crippen LogP contribution in [0.25, 0.3) is 0 Å². The number of carbonyl (C=O) groups excluding carboxylic acids is 5. The molecule has 9 aliphatic rings. The fourth-order valence-electron chi connectivity index (χ4n) is 16.2. The summed E-state index contributed by atoms with van der Waals surface area (Å²) in [5, 5.41) is 43.7. The maximum atomic E-state index is 12.5. The van der Waals surface area contributed by atoms with Crippen molar-refractivity contribution < 1.29 is 121 Å². The van der Waals surface area contributed by atoms with Crippen molar-refractivity contribution in [2.45, 2.75) is 115 Å². The molecule has 0 saturated carbocycles. The Morgan fingerprint density at radius 3 is 0.684 bits per heavy atom. The molecule has 36 nitrogen and oxygen atoms in total. The quantitative estimate of drug-likeness (QED) is 0.0580. The summed E-state index contributed by atoms with van der Waals surface area (Å²) < 4.78 is 33.5. The number of nitrogens with zero attached hydrogens (tertiary/aromatic N) is 17. The monoisotopic (exact) mass is 1820 g/mol.